The lowest BCUT2D eigenvalue weighted by Crippen LogP contribution is -1.98. The first-order valence-corrected chi connectivity index (χ1v) is 4.52. The number of phenolic OH excluding ortho intramolecular Hbond substituents is 1. The molecule has 1 aromatic rings. The number of hydrogen-bond donors (Lipinski definition) is 1. The van der Waals surface area contributed by atoms with Crippen molar-refractivity contribution >= 4 is 23.1 Å². The number of aromatic hydroxyl groups is 1. The molecular weight excluding hydrogens is 188 g/mol. The van der Waals surface area contributed by atoms with Gasteiger partial charge in [0.25, 0.3) is 0 Å². The summed E-state index contributed by atoms with van der Waals surface area (Å²) < 4.78 is 4.94. The molecule has 0 saturated carbocycles. The average Bonchev–Trinajstić information content (AvgIpc) is 2.27. The van der Waals surface area contributed by atoms with Crippen molar-refractivity contribution in [1.29, 1.82) is 0 Å². The van der Waals surface area contributed by atoms with Crippen LogP contribution in [0.15, 0.2) is 23.6 Å². The van der Waals surface area contributed by atoms with Crippen molar-refractivity contribution in [1.82, 2.24) is 0 Å². The minimum absolute atomic E-state index is 0.115. The third-order valence-electron chi connectivity index (χ3n) is 1.64. The van der Waals surface area contributed by atoms with Crippen LogP contribution in [0.2, 0.25) is 0 Å². The van der Waals surface area contributed by atoms with Crippen molar-refractivity contribution in [2.75, 3.05) is 0 Å². The second-order valence-electron chi connectivity index (χ2n) is 2.46. The monoisotopic (exact) mass is 194 g/mol. The van der Waals surface area contributed by atoms with Crippen LogP contribution in [-0.2, 0) is 0 Å². The van der Waals surface area contributed by atoms with E-state index in [1.807, 2.05) is 0 Å². The van der Waals surface area contributed by atoms with E-state index in [-0.39, 0.29) is 11.1 Å². The smallest absolute Gasteiger partial charge is 0.377 e. The molecule has 1 heterocycles. The Bertz CT molecular complexity index is 384. The lowest BCUT2D eigenvalue weighted by molar-refractivity contribution is 0.227. The zero-order chi connectivity index (χ0) is 9.26. The van der Waals surface area contributed by atoms with Crippen molar-refractivity contribution in [2.24, 2.45) is 0 Å². The topological polar surface area (TPSA) is 46.5 Å². The van der Waals surface area contributed by atoms with Crippen molar-refractivity contribution in [3.63, 3.8) is 0 Å². The van der Waals surface area contributed by atoms with E-state index in [0.717, 1.165) is 11.8 Å². The fraction of sp³-hybridized carbons (Fsp3) is 0. The van der Waals surface area contributed by atoms with Gasteiger partial charge in [-0.1, -0.05) is 6.07 Å². The highest BCUT2D eigenvalue weighted by atomic mass is 32.2. The molecule has 0 unspecified atom stereocenters. The van der Waals surface area contributed by atoms with Gasteiger partial charge in [0.05, 0.1) is 5.56 Å². The molecule has 0 fully saturated rings. The Labute approximate surface area is 79.0 Å². The molecule has 0 aliphatic carbocycles. The summed E-state index contributed by atoms with van der Waals surface area (Å²) in [6.45, 7) is 0. The van der Waals surface area contributed by atoms with Gasteiger partial charge in [-0.3, -0.25) is 0 Å². The second kappa shape index (κ2) is 3.14. The molecule has 1 N–H and O–H groups in total. The summed E-state index contributed by atoms with van der Waals surface area (Å²) in [6.07, 6.45) is 1.65. The third-order valence-corrected chi connectivity index (χ3v) is 2.18. The van der Waals surface area contributed by atoms with E-state index in [1.54, 1.807) is 29.7 Å². The molecule has 4 heteroatoms. The molecule has 2 rings (SSSR count). The Morgan fingerprint density at radius 2 is 2.23 bits per heavy atom. The minimum atomic E-state index is -0.388. The minimum Gasteiger partial charge on any atom is -0.507 e. The highest BCUT2D eigenvalue weighted by Gasteiger charge is 2.13. The molecular formula is C9H6O3S. The van der Waals surface area contributed by atoms with Gasteiger partial charge in [0.2, 0.25) is 0 Å². The maximum atomic E-state index is 11.0. The Morgan fingerprint density at radius 1 is 1.38 bits per heavy atom. The largest absolute Gasteiger partial charge is 0.507 e. The standard InChI is InChI=1S/C9H6O3S/c10-7-2-1-3-8-6(7)4-5-13-9(11)12-8/h1-5,10H. The zero-order valence-electron chi connectivity index (χ0n) is 6.56. The number of thioether (sulfide) groups is 1. The van der Waals surface area contributed by atoms with E-state index in [9.17, 15) is 9.90 Å². The van der Waals surface area contributed by atoms with E-state index in [4.69, 9.17) is 4.74 Å². The summed E-state index contributed by atoms with van der Waals surface area (Å²) in [5, 5.41) is 10.6. The molecule has 1 aliphatic heterocycles. The molecule has 1 aliphatic rings. The van der Waals surface area contributed by atoms with Crippen molar-refractivity contribution in [3.8, 4) is 11.5 Å². The van der Waals surface area contributed by atoms with Gasteiger partial charge in [-0.15, -0.1) is 0 Å². The van der Waals surface area contributed by atoms with Gasteiger partial charge in [0.1, 0.15) is 11.5 Å². The normalized spacial score (nSPS) is 14.6. The van der Waals surface area contributed by atoms with Crippen LogP contribution in [0, 0.1) is 0 Å². The number of hydrogen-bond acceptors (Lipinski definition) is 4. The van der Waals surface area contributed by atoms with Crippen LogP contribution in [0.25, 0.3) is 6.08 Å². The molecule has 66 valence electrons. The number of rotatable bonds is 0. The van der Waals surface area contributed by atoms with E-state index in [0.29, 0.717) is 11.3 Å². The van der Waals surface area contributed by atoms with Crippen LogP contribution in [0.3, 0.4) is 0 Å². The van der Waals surface area contributed by atoms with Crippen LogP contribution in [0.5, 0.6) is 11.5 Å². The summed E-state index contributed by atoms with van der Waals surface area (Å²) in [6, 6.07) is 4.82. The highest BCUT2D eigenvalue weighted by Crippen LogP contribution is 2.32. The SMILES string of the molecule is O=C1Oc2cccc(O)c2C=CS1. The number of benzene rings is 1. The lowest BCUT2D eigenvalue weighted by Gasteiger charge is -2.04. The highest BCUT2D eigenvalue weighted by molar-refractivity contribution is 8.15. The van der Waals surface area contributed by atoms with Gasteiger partial charge in [0, 0.05) is 0 Å². The predicted octanol–water partition coefficient (Wildman–Crippen LogP) is 2.61. The molecule has 13 heavy (non-hydrogen) atoms. The molecule has 0 spiro atoms. The van der Waals surface area contributed by atoms with Crippen LogP contribution >= 0.6 is 11.8 Å². The first-order chi connectivity index (χ1) is 6.27. The first-order valence-electron chi connectivity index (χ1n) is 3.64. The molecule has 0 radical (unpaired) electrons. The second-order valence-corrected chi connectivity index (χ2v) is 3.30. The summed E-state index contributed by atoms with van der Waals surface area (Å²) >= 11 is 0.951. The molecule has 0 atom stereocenters. The Morgan fingerprint density at radius 3 is 3.08 bits per heavy atom. The number of phenols is 1. The first kappa shape index (κ1) is 8.19. The van der Waals surface area contributed by atoms with Gasteiger partial charge in [0.15, 0.2) is 0 Å². The average molecular weight is 194 g/mol. The van der Waals surface area contributed by atoms with Crippen LogP contribution in [0.4, 0.5) is 4.79 Å². The summed E-state index contributed by atoms with van der Waals surface area (Å²) in [5.74, 6) is 0.510. The van der Waals surface area contributed by atoms with Crippen molar-refractivity contribution in [2.45, 2.75) is 0 Å². The van der Waals surface area contributed by atoms with E-state index in [1.165, 1.54) is 0 Å². The molecule has 0 bridgehead atoms. The number of carbonyl (C=O) groups is 1. The van der Waals surface area contributed by atoms with E-state index < -0.39 is 0 Å². The van der Waals surface area contributed by atoms with E-state index in [2.05, 4.69) is 0 Å². The number of fused-ring (bicyclic) bond motifs is 1. The van der Waals surface area contributed by atoms with Gasteiger partial charge in [-0.05, 0) is 35.4 Å². The molecule has 0 aromatic heterocycles. The van der Waals surface area contributed by atoms with Crippen LogP contribution < -0.4 is 4.74 Å². The molecule has 0 saturated heterocycles. The van der Waals surface area contributed by atoms with Gasteiger partial charge in [-0.25, -0.2) is 4.79 Å². The maximum absolute atomic E-state index is 11.0. The number of carbonyl (C=O) groups excluding carboxylic acids is 1. The zero-order valence-corrected chi connectivity index (χ0v) is 7.38. The molecule has 3 nitrogen and oxygen atoms in total. The fourth-order valence-corrected chi connectivity index (χ4v) is 1.51. The lowest BCUT2D eigenvalue weighted by atomic mass is 10.2. The fourth-order valence-electron chi connectivity index (χ4n) is 1.06. The van der Waals surface area contributed by atoms with E-state index >= 15 is 0 Å². The molecule has 0 amide bonds. The van der Waals surface area contributed by atoms with Crippen LogP contribution in [-0.4, -0.2) is 10.4 Å². The Kier molecular flexibility index (Phi) is 1.98. The van der Waals surface area contributed by atoms with Gasteiger partial charge < -0.3 is 9.84 Å². The van der Waals surface area contributed by atoms with Crippen LogP contribution in [0.1, 0.15) is 5.56 Å². The number of ether oxygens (including phenoxy) is 1. The Balaban J connectivity index is 2.55. The van der Waals surface area contributed by atoms with Crippen molar-refractivity contribution in [3.05, 3.63) is 29.2 Å². The third kappa shape index (κ3) is 1.53. The van der Waals surface area contributed by atoms with Gasteiger partial charge in [-0.2, -0.15) is 0 Å². The van der Waals surface area contributed by atoms with Gasteiger partial charge >= 0.3 is 5.30 Å². The molecule has 1 aromatic carbocycles. The summed E-state index contributed by atoms with van der Waals surface area (Å²) in [4.78, 5) is 11.0. The maximum Gasteiger partial charge on any atom is 0.377 e. The quantitative estimate of drug-likeness (QED) is 0.645. The summed E-state index contributed by atoms with van der Waals surface area (Å²) in [5.41, 5.74) is 0.542. The van der Waals surface area contributed by atoms with Crippen molar-refractivity contribution < 1.29 is 14.6 Å². The Hall–Kier alpha value is -1.42. The summed E-state index contributed by atoms with van der Waals surface area (Å²) in [7, 11) is 0. The predicted molar refractivity (Wildman–Crippen MR) is 50.8 cm³/mol.